The number of anilines is 3. The van der Waals surface area contributed by atoms with Gasteiger partial charge in [-0.1, -0.05) is 182 Å². The summed E-state index contributed by atoms with van der Waals surface area (Å²) in [6.07, 6.45) is 0. The highest BCUT2D eigenvalue weighted by Crippen LogP contribution is 2.45. The fourth-order valence-corrected chi connectivity index (χ4v) is 8.83. The lowest BCUT2D eigenvalue weighted by Crippen LogP contribution is -2.11. The number of hydrogen-bond donors (Lipinski definition) is 0. The van der Waals surface area contributed by atoms with E-state index in [4.69, 9.17) is 0 Å². The van der Waals surface area contributed by atoms with Gasteiger partial charge in [-0.15, -0.1) is 0 Å². The second-order valence-electron chi connectivity index (χ2n) is 14.9. The smallest absolute Gasteiger partial charge is 0.0562 e. The highest BCUT2D eigenvalue weighted by atomic mass is 15.1. The summed E-state index contributed by atoms with van der Waals surface area (Å²) in [7, 11) is 0. The minimum Gasteiger partial charge on any atom is -0.310 e. The van der Waals surface area contributed by atoms with Crippen molar-refractivity contribution in [3.05, 3.63) is 231 Å². The number of rotatable bonds is 7. The molecular formula is C56H38N2. The lowest BCUT2D eigenvalue weighted by atomic mass is 9.95. The summed E-state index contributed by atoms with van der Waals surface area (Å²) in [6.45, 7) is 0. The Hall–Kier alpha value is -7.68. The first-order chi connectivity index (χ1) is 28.8. The van der Waals surface area contributed by atoms with E-state index in [0.717, 1.165) is 28.3 Å². The van der Waals surface area contributed by atoms with E-state index in [2.05, 4.69) is 240 Å². The van der Waals surface area contributed by atoms with Gasteiger partial charge in [-0.25, -0.2) is 0 Å². The SMILES string of the molecule is c1ccc(-c2ccc(-c3ccc(N(c4ccccc4)c4ccc5c6ccccc6n(-c6cc7ccccc7cc6-c6ccccc6)c5c4)c4ccccc34)cc2)cc1. The Kier molecular flexibility index (Phi) is 8.19. The van der Waals surface area contributed by atoms with Crippen molar-refractivity contribution in [2.45, 2.75) is 0 Å². The second-order valence-corrected chi connectivity index (χ2v) is 14.9. The predicted octanol–water partition coefficient (Wildman–Crippen LogP) is 15.6. The zero-order valence-electron chi connectivity index (χ0n) is 31.8. The average molecular weight is 739 g/mol. The van der Waals surface area contributed by atoms with E-state index >= 15 is 0 Å². The Morgan fingerprint density at radius 1 is 0.293 bits per heavy atom. The number of hydrogen-bond acceptors (Lipinski definition) is 1. The van der Waals surface area contributed by atoms with E-state index in [-0.39, 0.29) is 0 Å². The molecule has 11 aromatic rings. The van der Waals surface area contributed by atoms with Crippen LogP contribution in [0.25, 0.3) is 82.4 Å². The number of para-hydroxylation sites is 2. The standard InChI is InChI=1S/C56H38N2/c1-4-16-39(17-5-1)40-28-30-42(31-29-40)47-34-35-54(49-25-13-12-24-48(47)49)57(45-22-8-3-9-23-45)46-32-33-51-50-26-14-15-27-53(50)58(56(51)38-46)55-37-44-21-11-10-20-43(44)36-52(55)41-18-6-2-7-19-41/h1-38H. The van der Waals surface area contributed by atoms with Crippen LogP contribution < -0.4 is 4.90 Å². The van der Waals surface area contributed by atoms with Gasteiger partial charge in [0.15, 0.2) is 0 Å². The fraction of sp³-hybridized carbons (Fsp3) is 0. The summed E-state index contributed by atoms with van der Waals surface area (Å²) in [5.41, 5.74) is 14.1. The molecule has 272 valence electrons. The Morgan fingerprint density at radius 3 is 1.57 bits per heavy atom. The molecule has 0 atom stereocenters. The summed E-state index contributed by atoms with van der Waals surface area (Å²) in [5, 5.41) is 7.30. The van der Waals surface area contributed by atoms with Gasteiger partial charge in [0.1, 0.15) is 0 Å². The second kappa shape index (κ2) is 14.1. The normalized spacial score (nSPS) is 11.4. The highest BCUT2D eigenvalue weighted by Gasteiger charge is 2.21. The number of nitrogens with zero attached hydrogens (tertiary/aromatic N) is 2. The maximum Gasteiger partial charge on any atom is 0.0562 e. The van der Waals surface area contributed by atoms with Gasteiger partial charge in [-0.2, -0.15) is 0 Å². The zero-order chi connectivity index (χ0) is 38.4. The topological polar surface area (TPSA) is 8.17 Å². The van der Waals surface area contributed by atoms with Gasteiger partial charge in [0.2, 0.25) is 0 Å². The molecule has 58 heavy (non-hydrogen) atoms. The van der Waals surface area contributed by atoms with Crippen molar-refractivity contribution in [1.82, 2.24) is 4.57 Å². The van der Waals surface area contributed by atoms with Gasteiger partial charge < -0.3 is 9.47 Å². The van der Waals surface area contributed by atoms with Gasteiger partial charge in [-0.3, -0.25) is 0 Å². The summed E-state index contributed by atoms with van der Waals surface area (Å²) >= 11 is 0. The maximum atomic E-state index is 2.48. The van der Waals surface area contributed by atoms with Crippen LogP contribution in [-0.4, -0.2) is 4.57 Å². The minimum atomic E-state index is 1.09. The zero-order valence-corrected chi connectivity index (χ0v) is 31.8. The molecule has 0 aliphatic rings. The van der Waals surface area contributed by atoms with Crippen molar-refractivity contribution in [3.8, 4) is 39.1 Å². The molecule has 0 N–H and O–H groups in total. The summed E-state index contributed by atoms with van der Waals surface area (Å²) in [6, 6.07) is 83.7. The third kappa shape index (κ3) is 5.74. The molecular weight excluding hydrogens is 701 g/mol. The van der Waals surface area contributed by atoms with Crippen LogP contribution in [0, 0.1) is 0 Å². The van der Waals surface area contributed by atoms with Crippen molar-refractivity contribution in [3.63, 3.8) is 0 Å². The van der Waals surface area contributed by atoms with Gasteiger partial charge in [0, 0.05) is 33.1 Å². The van der Waals surface area contributed by atoms with Crippen molar-refractivity contribution < 1.29 is 0 Å². The van der Waals surface area contributed by atoms with Gasteiger partial charge >= 0.3 is 0 Å². The largest absolute Gasteiger partial charge is 0.310 e. The predicted molar refractivity (Wildman–Crippen MR) is 247 cm³/mol. The van der Waals surface area contributed by atoms with Crippen LogP contribution in [0.5, 0.6) is 0 Å². The van der Waals surface area contributed by atoms with Crippen LogP contribution in [0.1, 0.15) is 0 Å². The maximum absolute atomic E-state index is 2.48. The van der Waals surface area contributed by atoms with Crippen LogP contribution in [-0.2, 0) is 0 Å². The molecule has 0 amide bonds. The molecule has 11 rings (SSSR count). The minimum absolute atomic E-state index is 1.09. The van der Waals surface area contributed by atoms with Crippen LogP contribution in [0.2, 0.25) is 0 Å². The molecule has 2 nitrogen and oxygen atoms in total. The molecule has 0 saturated heterocycles. The number of fused-ring (bicyclic) bond motifs is 5. The van der Waals surface area contributed by atoms with E-state index in [9.17, 15) is 0 Å². The summed E-state index contributed by atoms with van der Waals surface area (Å²) in [4.78, 5) is 2.42. The van der Waals surface area contributed by atoms with Crippen molar-refractivity contribution in [2.75, 3.05) is 4.90 Å². The first-order valence-electron chi connectivity index (χ1n) is 19.9. The lowest BCUT2D eigenvalue weighted by Gasteiger charge is -2.28. The molecule has 0 radical (unpaired) electrons. The van der Waals surface area contributed by atoms with E-state index in [1.807, 2.05) is 0 Å². The van der Waals surface area contributed by atoms with E-state index in [1.165, 1.54) is 71.2 Å². The Labute approximate surface area is 338 Å². The van der Waals surface area contributed by atoms with Crippen LogP contribution in [0.4, 0.5) is 17.1 Å². The lowest BCUT2D eigenvalue weighted by molar-refractivity contribution is 1.18. The van der Waals surface area contributed by atoms with Gasteiger partial charge in [-0.05, 0) is 92.5 Å². The van der Waals surface area contributed by atoms with Gasteiger partial charge in [0.25, 0.3) is 0 Å². The van der Waals surface area contributed by atoms with Crippen molar-refractivity contribution in [2.24, 2.45) is 0 Å². The first kappa shape index (κ1) is 33.6. The Morgan fingerprint density at radius 2 is 0.828 bits per heavy atom. The summed E-state index contributed by atoms with van der Waals surface area (Å²) < 4.78 is 2.48. The molecule has 0 aliphatic heterocycles. The average Bonchev–Trinajstić information content (AvgIpc) is 3.63. The molecule has 2 heteroatoms. The van der Waals surface area contributed by atoms with Crippen molar-refractivity contribution >= 4 is 60.4 Å². The van der Waals surface area contributed by atoms with Crippen LogP contribution in [0.15, 0.2) is 231 Å². The molecule has 0 aliphatic carbocycles. The third-order valence-corrected chi connectivity index (χ3v) is 11.6. The monoisotopic (exact) mass is 738 g/mol. The van der Waals surface area contributed by atoms with E-state index in [0.29, 0.717) is 0 Å². The van der Waals surface area contributed by atoms with Gasteiger partial charge in [0.05, 0.1) is 22.4 Å². The highest BCUT2D eigenvalue weighted by molar-refractivity contribution is 6.12. The third-order valence-electron chi connectivity index (χ3n) is 11.6. The molecule has 0 spiro atoms. The molecule has 0 bridgehead atoms. The molecule has 0 saturated carbocycles. The fourth-order valence-electron chi connectivity index (χ4n) is 8.83. The molecule has 1 aromatic heterocycles. The first-order valence-corrected chi connectivity index (χ1v) is 19.9. The Bertz CT molecular complexity index is 3250. The number of aromatic nitrogens is 1. The molecule has 1 heterocycles. The molecule has 10 aromatic carbocycles. The van der Waals surface area contributed by atoms with E-state index in [1.54, 1.807) is 0 Å². The molecule has 0 unspecified atom stereocenters. The van der Waals surface area contributed by atoms with Crippen LogP contribution in [0.3, 0.4) is 0 Å². The Balaban J connectivity index is 1.13. The quantitative estimate of drug-likeness (QED) is 0.158. The van der Waals surface area contributed by atoms with Crippen LogP contribution >= 0.6 is 0 Å². The number of benzene rings is 10. The summed E-state index contributed by atoms with van der Waals surface area (Å²) in [5.74, 6) is 0. The van der Waals surface area contributed by atoms with Crippen molar-refractivity contribution in [1.29, 1.82) is 0 Å². The molecule has 0 fully saturated rings. The van der Waals surface area contributed by atoms with E-state index < -0.39 is 0 Å².